The first-order chi connectivity index (χ1) is 12.5. The Kier molecular flexibility index (Phi) is 5.52. The van der Waals surface area contributed by atoms with Crippen LogP contribution in [-0.2, 0) is 6.42 Å². The molecule has 0 unspecified atom stereocenters. The Morgan fingerprint density at radius 1 is 1.31 bits per heavy atom. The fourth-order valence-electron chi connectivity index (χ4n) is 2.18. The van der Waals surface area contributed by atoms with Gasteiger partial charge in [-0.15, -0.1) is 0 Å². The molecule has 0 fully saturated rings. The quantitative estimate of drug-likeness (QED) is 0.349. The summed E-state index contributed by atoms with van der Waals surface area (Å²) in [4.78, 5) is 18.5. The van der Waals surface area contributed by atoms with Gasteiger partial charge in [-0.3, -0.25) is 10.1 Å². The summed E-state index contributed by atoms with van der Waals surface area (Å²) < 4.78 is 18.6. The number of rotatable bonds is 7. The van der Waals surface area contributed by atoms with Crippen molar-refractivity contribution in [3.63, 3.8) is 0 Å². The van der Waals surface area contributed by atoms with Gasteiger partial charge in [0.2, 0.25) is 11.7 Å². The summed E-state index contributed by atoms with van der Waals surface area (Å²) in [5.41, 5.74) is 0.597. The van der Waals surface area contributed by atoms with E-state index in [9.17, 15) is 14.5 Å². The molecule has 2 aromatic heterocycles. The molecule has 10 heteroatoms. The average Bonchev–Trinajstić information content (AvgIpc) is 3.09. The number of nitro groups is 1. The third kappa shape index (κ3) is 4.39. The van der Waals surface area contributed by atoms with Gasteiger partial charge in [0, 0.05) is 24.6 Å². The summed E-state index contributed by atoms with van der Waals surface area (Å²) in [6.07, 6.45) is 2.43. The lowest BCUT2D eigenvalue weighted by Crippen LogP contribution is -2.05. The van der Waals surface area contributed by atoms with E-state index in [0.29, 0.717) is 47.0 Å². The van der Waals surface area contributed by atoms with Crippen LogP contribution in [0.2, 0.25) is 0 Å². The van der Waals surface area contributed by atoms with Crippen LogP contribution in [0.25, 0.3) is 11.4 Å². The average molecular weight is 422 g/mol. The Morgan fingerprint density at radius 3 is 2.77 bits per heavy atom. The number of aryl methyl sites for hydroxylation is 1. The number of hydrogen-bond donors (Lipinski definition) is 1. The summed E-state index contributed by atoms with van der Waals surface area (Å²) in [5.74, 6) is 1.08. The van der Waals surface area contributed by atoms with Crippen LogP contribution in [0.5, 0.6) is 0 Å². The minimum absolute atomic E-state index is 0.0818. The highest BCUT2D eigenvalue weighted by Crippen LogP contribution is 2.24. The standard InChI is InChI=1S/C16H13BrFN5O3/c17-13-8-12(23(24)25)9-20-16(13)19-7-1-2-14-21-15(22-26-14)10-3-5-11(18)6-4-10/h3-6,8-9H,1-2,7H2,(H,19,20). The first kappa shape index (κ1) is 17.9. The normalized spacial score (nSPS) is 10.7. The van der Waals surface area contributed by atoms with Crippen LogP contribution < -0.4 is 5.32 Å². The Hall–Kier alpha value is -2.88. The monoisotopic (exact) mass is 421 g/mol. The van der Waals surface area contributed by atoms with E-state index in [0.717, 1.165) is 0 Å². The van der Waals surface area contributed by atoms with Gasteiger partial charge in [-0.1, -0.05) is 5.16 Å². The van der Waals surface area contributed by atoms with E-state index in [-0.39, 0.29) is 11.5 Å². The van der Waals surface area contributed by atoms with Crippen molar-refractivity contribution >= 4 is 27.4 Å². The number of benzene rings is 1. The van der Waals surface area contributed by atoms with E-state index < -0.39 is 4.92 Å². The fraction of sp³-hybridized carbons (Fsp3) is 0.188. The molecule has 0 bridgehead atoms. The van der Waals surface area contributed by atoms with Crippen molar-refractivity contribution in [2.45, 2.75) is 12.8 Å². The molecule has 0 radical (unpaired) electrons. The first-order valence-electron chi connectivity index (χ1n) is 7.65. The summed E-state index contributed by atoms with van der Waals surface area (Å²) >= 11 is 3.25. The van der Waals surface area contributed by atoms with E-state index in [1.54, 1.807) is 12.1 Å². The fourth-order valence-corrected chi connectivity index (χ4v) is 2.65. The molecule has 0 spiro atoms. The second kappa shape index (κ2) is 8.00. The maximum absolute atomic E-state index is 12.9. The van der Waals surface area contributed by atoms with Crippen molar-refractivity contribution in [3.05, 3.63) is 62.8 Å². The molecule has 0 aliphatic heterocycles. The number of nitrogens with zero attached hydrogens (tertiary/aromatic N) is 4. The van der Waals surface area contributed by atoms with Gasteiger partial charge in [-0.05, 0) is 46.6 Å². The third-order valence-corrected chi connectivity index (χ3v) is 4.07. The number of anilines is 1. The van der Waals surface area contributed by atoms with Crippen molar-refractivity contribution in [3.8, 4) is 11.4 Å². The predicted octanol–water partition coefficient (Wildman–Crippen LogP) is 3.99. The molecule has 1 N–H and O–H groups in total. The second-order valence-corrected chi connectivity index (χ2v) is 6.18. The lowest BCUT2D eigenvalue weighted by molar-refractivity contribution is -0.385. The van der Waals surface area contributed by atoms with Crippen LogP contribution in [0.4, 0.5) is 15.9 Å². The van der Waals surface area contributed by atoms with E-state index in [2.05, 4.69) is 36.4 Å². The number of hydrogen-bond acceptors (Lipinski definition) is 7. The van der Waals surface area contributed by atoms with Crippen LogP contribution in [0.3, 0.4) is 0 Å². The van der Waals surface area contributed by atoms with Gasteiger partial charge in [-0.25, -0.2) is 9.37 Å². The van der Waals surface area contributed by atoms with E-state index in [4.69, 9.17) is 4.52 Å². The number of aromatic nitrogens is 3. The molecule has 0 aliphatic carbocycles. The Bertz CT molecular complexity index is 917. The molecular weight excluding hydrogens is 409 g/mol. The minimum atomic E-state index is -0.504. The summed E-state index contributed by atoms with van der Waals surface area (Å²) in [5, 5.41) is 17.6. The van der Waals surface area contributed by atoms with Gasteiger partial charge in [0.1, 0.15) is 17.8 Å². The highest BCUT2D eigenvalue weighted by Gasteiger charge is 2.11. The molecule has 1 aromatic carbocycles. The SMILES string of the molecule is O=[N+]([O-])c1cnc(NCCCc2nc(-c3ccc(F)cc3)no2)c(Br)c1. The van der Waals surface area contributed by atoms with Crippen molar-refractivity contribution < 1.29 is 13.8 Å². The van der Waals surface area contributed by atoms with Crippen molar-refractivity contribution in [1.29, 1.82) is 0 Å². The molecule has 8 nitrogen and oxygen atoms in total. The summed E-state index contributed by atoms with van der Waals surface area (Å²) in [6, 6.07) is 7.24. The van der Waals surface area contributed by atoms with Crippen LogP contribution in [0.15, 0.2) is 45.5 Å². The third-order valence-electron chi connectivity index (χ3n) is 3.47. The van der Waals surface area contributed by atoms with Crippen molar-refractivity contribution in [1.82, 2.24) is 15.1 Å². The van der Waals surface area contributed by atoms with Crippen molar-refractivity contribution in [2.24, 2.45) is 0 Å². The molecule has 3 rings (SSSR count). The highest BCUT2D eigenvalue weighted by atomic mass is 79.9. The molecule has 0 saturated carbocycles. The topological polar surface area (TPSA) is 107 Å². The maximum Gasteiger partial charge on any atom is 0.288 e. The molecule has 0 amide bonds. The number of pyridine rings is 1. The highest BCUT2D eigenvalue weighted by molar-refractivity contribution is 9.10. The molecule has 2 heterocycles. The largest absolute Gasteiger partial charge is 0.369 e. The molecule has 3 aromatic rings. The predicted molar refractivity (Wildman–Crippen MR) is 95.1 cm³/mol. The van der Waals surface area contributed by atoms with Crippen LogP contribution in [0, 0.1) is 15.9 Å². The Labute approximate surface area is 155 Å². The lowest BCUT2D eigenvalue weighted by Gasteiger charge is -2.06. The smallest absolute Gasteiger partial charge is 0.288 e. The van der Waals surface area contributed by atoms with Gasteiger partial charge in [0.15, 0.2) is 0 Å². The van der Waals surface area contributed by atoms with Crippen molar-refractivity contribution in [2.75, 3.05) is 11.9 Å². The number of nitrogens with one attached hydrogen (secondary N) is 1. The minimum Gasteiger partial charge on any atom is -0.369 e. The summed E-state index contributed by atoms with van der Waals surface area (Å²) in [6.45, 7) is 0.567. The molecular formula is C16H13BrFN5O3. The second-order valence-electron chi connectivity index (χ2n) is 5.33. The first-order valence-corrected chi connectivity index (χ1v) is 8.44. The zero-order valence-electron chi connectivity index (χ0n) is 13.4. The molecule has 0 atom stereocenters. The zero-order valence-corrected chi connectivity index (χ0v) is 14.9. The number of halogens is 2. The maximum atomic E-state index is 12.9. The van der Waals surface area contributed by atoms with Gasteiger partial charge in [0.25, 0.3) is 5.69 Å². The molecule has 0 saturated heterocycles. The molecule has 26 heavy (non-hydrogen) atoms. The Morgan fingerprint density at radius 2 is 2.08 bits per heavy atom. The van der Waals surface area contributed by atoms with E-state index in [1.165, 1.54) is 24.4 Å². The lowest BCUT2D eigenvalue weighted by atomic mass is 10.2. The zero-order chi connectivity index (χ0) is 18.5. The Balaban J connectivity index is 1.51. The van der Waals surface area contributed by atoms with Gasteiger partial charge >= 0.3 is 0 Å². The van der Waals surface area contributed by atoms with Crippen LogP contribution in [0.1, 0.15) is 12.3 Å². The van der Waals surface area contributed by atoms with E-state index in [1.807, 2.05) is 0 Å². The van der Waals surface area contributed by atoms with Gasteiger partial charge < -0.3 is 9.84 Å². The molecule has 134 valence electrons. The van der Waals surface area contributed by atoms with Gasteiger partial charge in [0.05, 0.1) is 9.40 Å². The molecule has 0 aliphatic rings. The van der Waals surface area contributed by atoms with Crippen LogP contribution >= 0.6 is 15.9 Å². The van der Waals surface area contributed by atoms with Gasteiger partial charge in [-0.2, -0.15) is 4.98 Å². The van der Waals surface area contributed by atoms with E-state index >= 15 is 0 Å². The van der Waals surface area contributed by atoms with Crippen LogP contribution in [-0.4, -0.2) is 26.6 Å². The summed E-state index contributed by atoms with van der Waals surface area (Å²) in [7, 11) is 0.